The van der Waals surface area contributed by atoms with E-state index >= 15 is 0 Å². The molecule has 0 saturated carbocycles. The van der Waals surface area contributed by atoms with Gasteiger partial charge >= 0.3 is 12.1 Å². The third-order valence-corrected chi connectivity index (χ3v) is 3.40. The molecule has 146 valence electrons. The Kier molecular flexibility index (Phi) is 6.95. The Morgan fingerprint density at radius 1 is 1.22 bits per heavy atom. The first-order valence-electron chi connectivity index (χ1n) is 8.43. The second kappa shape index (κ2) is 9.18. The SMILES string of the molecule is COC(=O)c1coc([C@H](COC(C)(C)C)NC(=O)OCc2ccccc2)n1. The van der Waals surface area contributed by atoms with Gasteiger partial charge < -0.3 is 23.9 Å². The van der Waals surface area contributed by atoms with Gasteiger partial charge in [-0.2, -0.15) is 0 Å². The van der Waals surface area contributed by atoms with Gasteiger partial charge in [0.25, 0.3) is 0 Å². The number of amides is 1. The molecule has 1 amide bonds. The fourth-order valence-corrected chi connectivity index (χ4v) is 2.06. The zero-order chi connectivity index (χ0) is 19.9. The van der Waals surface area contributed by atoms with Crippen LogP contribution < -0.4 is 5.32 Å². The van der Waals surface area contributed by atoms with Crippen LogP contribution in [0.5, 0.6) is 0 Å². The topological polar surface area (TPSA) is 99.9 Å². The molecule has 1 N–H and O–H groups in total. The molecular formula is C19H24N2O6. The van der Waals surface area contributed by atoms with E-state index in [4.69, 9.17) is 13.9 Å². The summed E-state index contributed by atoms with van der Waals surface area (Å²) in [6.07, 6.45) is 0.515. The second-order valence-electron chi connectivity index (χ2n) is 6.74. The third-order valence-electron chi connectivity index (χ3n) is 3.40. The summed E-state index contributed by atoms with van der Waals surface area (Å²) in [5.41, 5.74) is 0.429. The zero-order valence-corrected chi connectivity index (χ0v) is 15.9. The van der Waals surface area contributed by atoms with E-state index in [1.165, 1.54) is 13.4 Å². The maximum atomic E-state index is 12.2. The lowest BCUT2D eigenvalue weighted by Crippen LogP contribution is -2.34. The van der Waals surface area contributed by atoms with Crippen molar-refractivity contribution in [3.8, 4) is 0 Å². The molecule has 27 heavy (non-hydrogen) atoms. The summed E-state index contributed by atoms with van der Waals surface area (Å²) in [6.45, 7) is 5.86. The van der Waals surface area contributed by atoms with Crippen molar-refractivity contribution in [2.24, 2.45) is 0 Å². The normalized spacial score (nSPS) is 12.3. The highest BCUT2D eigenvalue weighted by Gasteiger charge is 2.25. The number of oxazole rings is 1. The molecule has 0 bridgehead atoms. The molecule has 0 aliphatic carbocycles. The monoisotopic (exact) mass is 376 g/mol. The molecule has 8 nitrogen and oxygen atoms in total. The van der Waals surface area contributed by atoms with Gasteiger partial charge in [0, 0.05) is 0 Å². The number of ether oxygens (including phenoxy) is 3. The molecule has 0 radical (unpaired) electrons. The summed E-state index contributed by atoms with van der Waals surface area (Å²) in [6, 6.07) is 8.57. The van der Waals surface area contributed by atoms with Crippen LogP contribution in [0.3, 0.4) is 0 Å². The number of rotatable bonds is 7. The third kappa shape index (κ3) is 6.74. The average Bonchev–Trinajstić information content (AvgIpc) is 3.13. The summed E-state index contributed by atoms with van der Waals surface area (Å²) in [4.78, 5) is 27.8. The molecule has 0 fully saturated rings. The number of hydrogen-bond acceptors (Lipinski definition) is 7. The van der Waals surface area contributed by atoms with Crippen LogP contribution in [0, 0.1) is 0 Å². The molecule has 1 aromatic carbocycles. The number of carbonyl (C=O) groups is 2. The Morgan fingerprint density at radius 2 is 1.93 bits per heavy atom. The van der Waals surface area contributed by atoms with Crippen LogP contribution >= 0.6 is 0 Å². The molecule has 2 rings (SSSR count). The number of hydrogen-bond donors (Lipinski definition) is 1. The predicted octanol–water partition coefficient (Wildman–Crippen LogP) is 3.24. The average molecular weight is 376 g/mol. The number of nitrogens with zero attached hydrogens (tertiary/aromatic N) is 1. The molecular weight excluding hydrogens is 352 g/mol. The predicted molar refractivity (Wildman–Crippen MR) is 96.1 cm³/mol. The fraction of sp³-hybridized carbons (Fsp3) is 0.421. The van der Waals surface area contributed by atoms with E-state index in [1.807, 2.05) is 51.1 Å². The quantitative estimate of drug-likeness (QED) is 0.740. The number of methoxy groups -OCH3 is 1. The second-order valence-corrected chi connectivity index (χ2v) is 6.74. The largest absolute Gasteiger partial charge is 0.464 e. The van der Waals surface area contributed by atoms with E-state index in [9.17, 15) is 9.59 Å². The molecule has 0 aliphatic rings. The van der Waals surface area contributed by atoms with E-state index in [0.29, 0.717) is 0 Å². The first-order chi connectivity index (χ1) is 12.8. The Bertz CT molecular complexity index is 751. The van der Waals surface area contributed by atoms with E-state index < -0.39 is 23.7 Å². The molecule has 1 atom stereocenters. The summed E-state index contributed by atoms with van der Waals surface area (Å²) in [5.74, 6) is -0.511. The molecule has 1 heterocycles. The summed E-state index contributed by atoms with van der Waals surface area (Å²) < 4.78 is 20.9. The molecule has 8 heteroatoms. The van der Waals surface area contributed by atoms with E-state index in [2.05, 4.69) is 15.0 Å². The maximum absolute atomic E-state index is 12.2. The summed E-state index contributed by atoms with van der Waals surface area (Å²) in [7, 11) is 1.25. The van der Waals surface area contributed by atoms with Crippen molar-refractivity contribution in [3.63, 3.8) is 0 Å². The van der Waals surface area contributed by atoms with Crippen molar-refractivity contribution in [2.75, 3.05) is 13.7 Å². The van der Waals surface area contributed by atoms with E-state index in [1.54, 1.807) is 0 Å². The van der Waals surface area contributed by atoms with Gasteiger partial charge in [-0.3, -0.25) is 0 Å². The number of alkyl carbamates (subject to hydrolysis) is 1. The van der Waals surface area contributed by atoms with Crippen molar-refractivity contribution < 1.29 is 28.2 Å². The molecule has 2 aromatic rings. The molecule has 0 unspecified atom stereocenters. The highest BCUT2D eigenvalue weighted by atomic mass is 16.6. The summed E-state index contributed by atoms with van der Waals surface area (Å²) >= 11 is 0. The van der Waals surface area contributed by atoms with Gasteiger partial charge in [0.15, 0.2) is 5.69 Å². The van der Waals surface area contributed by atoms with Crippen molar-refractivity contribution in [2.45, 2.75) is 39.0 Å². The van der Waals surface area contributed by atoms with Gasteiger partial charge in [0.1, 0.15) is 18.9 Å². The van der Waals surface area contributed by atoms with Crippen molar-refractivity contribution in [3.05, 3.63) is 53.7 Å². The molecule has 0 spiro atoms. The molecule has 0 saturated heterocycles. The Labute approximate surface area is 157 Å². The molecule has 1 aromatic heterocycles. The summed E-state index contributed by atoms with van der Waals surface area (Å²) in [5, 5.41) is 2.65. The maximum Gasteiger partial charge on any atom is 0.408 e. The van der Waals surface area contributed by atoms with E-state index in [-0.39, 0.29) is 24.8 Å². The number of carbonyl (C=O) groups excluding carboxylic acids is 2. The first-order valence-corrected chi connectivity index (χ1v) is 8.43. The van der Waals surface area contributed by atoms with Crippen molar-refractivity contribution >= 4 is 12.1 Å². The van der Waals surface area contributed by atoms with Gasteiger partial charge in [0.05, 0.1) is 19.3 Å². The highest BCUT2D eigenvalue weighted by Crippen LogP contribution is 2.18. The number of benzene rings is 1. The van der Waals surface area contributed by atoms with Gasteiger partial charge in [-0.05, 0) is 26.3 Å². The van der Waals surface area contributed by atoms with Gasteiger partial charge in [-0.25, -0.2) is 14.6 Å². The molecule has 0 aliphatic heterocycles. The van der Waals surface area contributed by atoms with Crippen LogP contribution in [0.25, 0.3) is 0 Å². The van der Waals surface area contributed by atoms with Gasteiger partial charge in [0.2, 0.25) is 5.89 Å². The smallest absolute Gasteiger partial charge is 0.408 e. The Balaban J connectivity index is 2.03. The zero-order valence-electron chi connectivity index (χ0n) is 15.9. The lowest BCUT2D eigenvalue weighted by molar-refractivity contribution is -0.0181. The standard InChI is InChI=1S/C19H24N2O6/c1-19(2,3)27-12-14(16-20-15(11-25-16)17(22)24-4)21-18(23)26-10-13-8-6-5-7-9-13/h5-9,11,14H,10,12H2,1-4H3,(H,21,23)/t14-/m0/s1. The lowest BCUT2D eigenvalue weighted by atomic mass is 10.2. The van der Waals surface area contributed by atoms with Crippen LogP contribution in [0.2, 0.25) is 0 Å². The van der Waals surface area contributed by atoms with Crippen LogP contribution in [-0.2, 0) is 20.8 Å². The number of esters is 1. The highest BCUT2D eigenvalue weighted by molar-refractivity contribution is 5.86. The van der Waals surface area contributed by atoms with Gasteiger partial charge in [-0.1, -0.05) is 30.3 Å². The minimum absolute atomic E-state index is 0.00714. The number of aromatic nitrogens is 1. The van der Waals surface area contributed by atoms with Crippen LogP contribution in [0.15, 0.2) is 41.0 Å². The lowest BCUT2D eigenvalue weighted by Gasteiger charge is -2.23. The minimum atomic E-state index is -0.731. The Hall–Kier alpha value is -2.87. The van der Waals surface area contributed by atoms with Crippen LogP contribution in [0.1, 0.15) is 48.8 Å². The fourth-order valence-electron chi connectivity index (χ4n) is 2.06. The first kappa shape index (κ1) is 20.4. The minimum Gasteiger partial charge on any atom is -0.464 e. The van der Waals surface area contributed by atoms with Crippen LogP contribution in [0.4, 0.5) is 4.79 Å². The number of nitrogens with one attached hydrogen (secondary N) is 1. The van der Waals surface area contributed by atoms with E-state index in [0.717, 1.165) is 5.56 Å². The van der Waals surface area contributed by atoms with Crippen molar-refractivity contribution in [1.29, 1.82) is 0 Å². The Morgan fingerprint density at radius 3 is 2.56 bits per heavy atom. The van der Waals surface area contributed by atoms with Crippen molar-refractivity contribution in [1.82, 2.24) is 10.3 Å². The van der Waals surface area contributed by atoms with Crippen LogP contribution in [-0.4, -0.2) is 36.4 Å². The van der Waals surface area contributed by atoms with Gasteiger partial charge in [-0.15, -0.1) is 0 Å².